The van der Waals surface area contributed by atoms with E-state index >= 15 is 0 Å². The van der Waals surface area contributed by atoms with Gasteiger partial charge in [-0.25, -0.2) is 4.98 Å². The Kier molecular flexibility index (Phi) is 9.00. The molecule has 3 amide bonds. The molecule has 2 aromatic rings. The number of anilines is 2. The van der Waals surface area contributed by atoms with Crippen LogP contribution in [-0.2, 0) is 19.1 Å². The Balaban J connectivity index is 1.65. The first kappa shape index (κ1) is 23.7. The van der Waals surface area contributed by atoms with Crippen LogP contribution in [0.1, 0.15) is 32.6 Å². The van der Waals surface area contributed by atoms with Crippen LogP contribution in [0.3, 0.4) is 0 Å². The van der Waals surface area contributed by atoms with E-state index in [1.54, 1.807) is 35.8 Å². The number of carbonyl (C=O) groups excluding carboxylic acids is 3. The number of thiazole rings is 1. The third kappa shape index (κ3) is 7.03. The number of nitrogens with one attached hydrogen (secondary N) is 2. The van der Waals surface area contributed by atoms with Crippen molar-refractivity contribution < 1.29 is 23.9 Å². The molecule has 0 radical (unpaired) electrons. The summed E-state index contributed by atoms with van der Waals surface area (Å²) in [5.41, 5.74) is 0.493. The lowest BCUT2D eigenvalue weighted by atomic mass is 10.2. The molecule has 2 heterocycles. The maximum atomic E-state index is 13.1. The van der Waals surface area contributed by atoms with E-state index in [4.69, 9.17) is 9.47 Å². The summed E-state index contributed by atoms with van der Waals surface area (Å²) in [5.74, 6) is -0.456. The summed E-state index contributed by atoms with van der Waals surface area (Å²) in [5, 5.41) is 7.73. The first-order valence-corrected chi connectivity index (χ1v) is 11.5. The number of ether oxygens (including phenoxy) is 2. The summed E-state index contributed by atoms with van der Waals surface area (Å²) >= 11 is 1.30. The molecule has 1 atom stereocenters. The number of para-hydroxylation sites is 2. The van der Waals surface area contributed by atoms with Crippen molar-refractivity contribution in [3.63, 3.8) is 0 Å². The van der Waals surface area contributed by atoms with Crippen LogP contribution in [0.5, 0.6) is 5.75 Å². The topological polar surface area (TPSA) is 110 Å². The van der Waals surface area contributed by atoms with Crippen molar-refractivity contribution in [2.24, 2.45) is 0 Å². The van der Waals surface area contributed by atoms with Gasteiger partial charge in [0.15, 0.2) is 5.13 Å². The molecule has 2 N–H and O–H groups in total. The second-order valence-electron chi connectivity index (χ2n) is 7.21. The van der Waals surface area contributed by atoms with Crippen molar-refractivity contribution in [3.05, 3.63) is 35.8 Å². The molecular weight excluding hydrogens is 432 g/mol. The molecule has 0 bridgehead atoms. The van der Waals surface area contributed by atoms with Crippen molar-refractivity contribution in [1.82, 2.24) is 10.3 Å². The fraction of sp³-hybridized carbons (Fsp3) is 0.455. The molecule has 0 aliphatic carbocycles. The molecule has 32 heavy (non-hydrogen) atoms. The summed E-state index contributed by atoms with van der Waals surface area (Å²) in [7, 11) is 0. The number of hydrogen-bond acceptors (Lipinski definition) is 7. The molecule has 10 heteroatoms. The highest BCUT2D eigenvalue weighted by Crippen LogP contribution is 2.29. The van der Waals surface area contributed by atoms with Crippen LogP contribution in [0.25, 0.3) is 0 Å². The van der Waals surface area contributed by atoms with Crippen molar-refractivity contribution in [1.29, 1.82) is 0 Å². The van der Waals surface area contributed by atoms with E-state index in [0.29, 0.717) is 36.3 Å². The van der Waals surface area contributed by atoms with E-state index in [-0.39, 0.29) is 43.2 Å². The Morgan fingerprint density at radius 2 is 2.09 bits per heavy atom. The van der Waals surface area contributed by atoms with Gasteiger partial charge in [-0.1, -0.05) is 12.1 Å². The maximum absolute atomic E-state index is 13.1. The normalized spacial score (nSPS) is 15.2. The standard InChI is InChI=1S/C22H28N4O5S/c1-2-30-18-8-4-3-7-17(18)26(15-20(28)24-14-16-6-5-12-31-16)21(29)10-9-19(27)25-22-23-11-13-32-22/h3-4,7-8,11,13,16H,2,5-6,9-10,12,14-15H2,1H3,(H,24,28)(H,23,25,27). The number of hydrogen-bond donors (Lipinski definition) is 2. The number of amides is 3. The minimum atomic E-state index is -0.348. The van der Waals surface area contributed by atoms with Crippen LogP contribution in [0.2, 0.25) is 0 Å². The van der Waals surface area contributed by atoms with E-state index in [0.717, 1.165) is 12.8 Å². The lowest BCUT2D eigenvalue weighted by molar-refractivity contribution is -0.125. The Labute approximate surface area is 191 Å². The monoisotopic (exact) mass is 460 g/mol. The third-order valence-corrected chi connectivity index (χ3v) is 5.54. The quantitative estimate of drug-likeness (QED) is 0.533. The highest BCUT2D eigenvalue weighted by atomic mass is 32.1. The summed E-state index contributed by atoms with van der Waals surface area (Å²) in [6.07, 6.45) is 3.40. The highest BCUT2D eigenvalue weighted by molar-refractivity contribution is 7.13. The van der Waals surface area contributed by atoms with Crippen LogP contribution in [-0.4, -0.2) is 55.1 Å². The van der Waals surface area contributed by atoms with Gasteiger partial charge in [-0.2, -0.15) is 0 Å². The van der Waals surface area contributed by atoms with Gasteiger partial charge in [0.05, 0.1) is 18.4 Å². The van der Waals surface area contributed by atoms with Crippen molar-refractivity contribution in [2.75, 3.05) is 36.5 Å². The van der Waals surface area contributed by atoms with Gasteiger partial charge in [0.25, 0.3) is 0 Å². The maximum Gasteiger partial charge on any atom is 0.240 e. The molecule has 1 saturated heterocycles. The zero-order valence-corrected chi connectivity index (χ0v) is 18.9. The highest BCUT2D eigenvalue weighted by Gasteiger charge is 2.24. The van der Waals surface area contributed by atoms with Crippen molar-refractivity contribution in [3.8, 4) is 5.75 Å². The number of aromatic nitrogens is 1. The number of rotatable bonds is 11. The molecule has 3 rings (SSSR count). The van der Waals surface area contributed by atoms with E-state index in [1.165, 1.54) is 16.2 Å². The second kappa shape index (κ2) is 12.2. The molecule has 1 fully saturated rings. The lowest BCUT2D eigenvalue weighted by Crippen LogP contribution is -2.43. The molecule has 1 aromatic heterocycles. The average Bonchev–Trinajstić information content (AvgIpc) is 3.49. The van der Waals surface area contributed by atoms with Gasteiger partial charge in [-0.15, -0.1) is 11.3 Å². The predicted octanol–water partition coefficient (Wildman–Crippen LogP) is 2.59. The summed E-state index contributed by atoms with van der Waals surface area (Å²) in [4.78, 5) is 43.2. The summed E-state index contributed by atoms with van der Waals surface area (Å²) in [6.45, 7) is 3.20. The van der Waals surface area contributed by atoms with Gasteiger partial charge in [0.1, 0.15) is 12.3 Å². The fourth-order valence-electron chi connectivity index (χ4n) is 3.32. The molecule has 0 saturated carbocycles. The first-order valence-electron chi connectivity index (χ1n) is 10.7. The van der Waals surface area contributed by atoms with Gasteiger partial charge in [0.2, 0.25) is 17.7 Å². The Hall–Kier alpha value is -2.98. The smallest absolute Gasteiger partial charge is 0.240 e. The molecule has 172 valence electrons. The SMILES string of the molecule is CCOc1ccccc1N(CC(=O)NCC1CCCO1)C(=O)CCC(=O)Nc1nccs1. The Morgan fingerprint density at radius 1 is 1.25 bits per heavy atom. The van der Waals surface area contributed by atoms with Crippen LogP contribution in [0.15, 0.2) is 35.8 Å². The third-order valence-electron chi connectivity index (χ3n) is 4.85. The number of benzene rings is 1. The van der Waals surface area contributed by atoms with E-state index < -0.39 is 0 Å². The summed E-state index contributed by atoms with van der Waals surface area (Å²) < 4.78 is 11.2. The zero-order chi connectivity index (χ0) is 22.8. The van der Waals surface area contributed by atoms with Crippen LogP contribution in [0, 0.1) is 0 Å². The van der Waals surface area contributed by atoms with Crippen LogP contribution in [0.4, 0.5) is 10.8 Å². The molecular formula is C22H28N4O5S. The van der Waals surface area contributed by atoms with E-state index in [2.05, 4.69) is 15.6 Å². The number of carbonyl (C=O) groups is 3. The van der Waals surface area contributed by atoms with Gasteiger partial charge in [-0.05, 0) is 31.9 Å². The van der Waals surface area contributed by atoms with E-state index in [1.807, 2.05) is 6.92 Å². The molecule has 1 aliphatic heterocycles. The van der Waals surface area contributed by atoms with Crippen molar-refractivity contribution >= 4 is 39.9 Å². The molecule has 1 unspecified atom stereocenters. The first-order chi connectivity index (χ1) is 15.6. The molecule has 1 aromatic carbocycles. The largest absolute Gasteiger partial charge is 0.492 e. The Morgan fingerprint density at radius 3 is 2.81 bits per heavy atom. The van der Waals surface area contributed by atoms with Gasteiger partial charge < -0.3 is 20.1 Å². The van der Waals surface area contributed by atoms with E-state index in [9.17, 15) is 14.4 Å². The lowest BCUT2D eigenvalue weighted by Gasteiger charge is -2.25. The fourth-order valence-corrected chi connectivity index (χ4v) is 3.87. The summed E-state index contributed by atoms with van der Waals surface area (Å²) in [6, 6.07) is 7.05. The van der Waals surface area contributed by atoms with Crippen LogP contribution < -0.4 is 20.3 Å². The van der Waals surface area contributed by atoms with Gasteiger partial charge in [-0.3, -0.25) is 19.3 Å². The average molecular weight is 461 g/mol. The Bertz CT molecular complexity index is 899. The van der Waals surface area contributed by atoms with Gasteiger partial charge >= 0.3 is 0 Å². The van der Waals surface area contributed by atoms with Gasteiger partial charge in [0, 0.05) is 37.6 Å². The molecule has 9 nitrogen and oxygen atoms in total. The molecule has 1 aliphatic rings. The second-order valence-corrected chi connectivity index (χ2v) is 8.10. The number of nitrogens with zero attached hydrogens (tertiary/aromatic N) is 2. The molecule has 0 spiro atoms. The predicted molar refractivity (Wildman–Crippen MR) is 122 cm³/mol. The minimum Gasteiger partial charge on any atom is -0.492 e. The van der Waals surface area contributed by atoms with Crippen LogP contribution >= 0.6 is 11.3 Å². The zero-order valence-electron chi connectivity index (χ0n) is 18.0. The minimum absolute atomic E-state index is 0.00775. The van der Waals surface area contributed by atoms with Crippen molar-refractivity contribution in [2.45, 2.75) is 38.7 Å².